The Labute approximate surface area is 101 Å². The van der Waals surface area contributed by atoms with Crippen LogP contribution in [0, 0.1) is 0 Å². The van der Waals surface area contributed by atoms with Crippen molar-refractivity contribution in [3.8, 4) is 0 Å². The molecule has 88 valence electrons. The van der Waals surface area contributed by atoms with Gasteiger partial charge in [0.05, 0.1) is 5.69 Å². The Kier molecular flexibility index (Phi) is 3.99. The van der Waals surface area contributed by atoms with E-state index in [9.17, 15) is 0 Å². The first-order valence-corrected chi connectivity index (χ1v) is 7.15. The molecule has 1 atom stereocenters. The average Bonchev–Trinajstić information content (AvgIpc) is 2.84. The quantitative estimate of drug-likeness (QED) is 0.723. The maximum atomic E-state index is 4.73. The molecular weight excluding hydrogens is 216 g/mol. The summed E-state index contributed by atoms with van der Waals surface area (Å²) in [4.78, 5) is 5.86. The molecule has 0 aliphatic carbocycles. The molecule has 0 radical (unpaired) electrons. The summed E-state index contributed by atoms with van der Waals surface area (Å²) in [5.74, 6) is 0.664. The summed E-state index contributed by atoms with van der Waals surface area (Å²) in [5.41, 5.74) is 1.29. The fourth-order valence-electron chi connectivity index (χ4n) is 2.18. The van der Waals surface area contributed by atoms with Gasteiger partial charge in [-0.25, -0.2) is 4.98 Å². The van der Waals surface area contributed by atoms with Crippen molar-refractivity contribution in [1.29, 1.82) is 0 Å². The fraction of sp³-hybridized carbons (Fsp3) is 0.615. The van der Waals surface area contributed by atoms with Crippen LogP contribution in [0.3, 0.4) is 0 Å². The first-order chi connectivity index (χ1) is 7.85. The first-order valence-electron chi connectivity index (χ1n) is 6.27. The molecule has 0 N–H and O–H groups in total. The lowest BCUT2D eigenvalue weighted by Gasteiger charge is -2.12. The molecule has 3 heteroatoms. The molecule has 2 aromatic rings. The van der Waals surface area contributed by atoms with Crippen molar-refractivity contribution in [2.45, 2.75) is 51.9 Å². The predicted molar refractivity (Wildman–Crippen MR) is 70.2 cm³/mol. The maximum absolute atomic E-state index is 4.73. The number of imidazole rings is 1. The number of hydrogen-bond donors (Lipinski definition) is 0. The van der Waals surface area contributed by atoms with Gasteiger partial charge in [0.1, 0.15) is 0 Å². The van der Waals surface area contributed by atoms with Gasteiger partial charge < -0.3 is 0 Å². The van der Waals surface area contributed by atoms with Gasteiger partial charge in [-0.1, -0.05) is 33.1 Å². The van der Waals surface area contributed by atoms with E-state index in [-0.39, 0.29) is 0 Å². The van der Waals surface area contributed by atoms with Crippen LogP contribution in [-0.4, -0.2) is 9.38 Å². The second-order valence-corrected chi connectivity index (χ2v) is 5.26. The minimum atomic E-state index is 0.664. The van der Waals surface area contributed by atoms with E-state index < -0.39 is 0 Å². The molecular formula is C13H20N2S. The van der Waals surface area contributed by atoms with Crippen LogP contribution in [0.5, 0.6) is 0 Å². The number of hydrogen-bond acceptors (Lipinski definition) is 2. The lowest BCUT2D eigenvalue weighted by atomic mass is 9.94. The molecule has 0 aliphatic heterocycles. The number of unbranched alkanes of at least 4 members (excludes halogenated alkanes) is 1. The zero-order valence-corrected chi connectivity index (χ0v) is 11.0. The van der Waals surface area contributed by atoms with Gasteiger partial charge >= 0.3 is 0 Å². The number of aromatic nitrogens is 2. The number of rotatable bonds is 6. The Balaban J connectivity index is 2.14. The Morgan fingerprint density at radius 2 is 2.19 bits per heavy atom. The Hall–Kier alpha value is -0.830. The standard InChI is InChI=1S/C13H20N2S/c1-3-5-7-11(6-4-2)12-10-15-8-9-16-13(15)14-12/h8-11H,3-7H2,1-2H3. The van der Waals surface area contributed by atoms with Gasteiger partial charge in [-0.3, -0.25) is 4.40 Å². The topological polar surface area (TPSA) is 17.3 Å². The van der Waals surface area contributed by atoms with E-state index in [1.165, 1.54) is 37.8 Å². The van der Waals surface area contributed by atoms with Crippen LogP contribution in [0.1, 0.15) is 57.6 Å². The van der Waals surface area contributed by atoms with Crippen molar-refractivity contribution in [3.05, 3.63) is 23.5 Å². The average molecular weight is 236 g/mol. The number of nitrogens with zero attached hydrogens (tertiary/aromatic N) is 2. The highest BCUT2D eigenvalue weighted by Crippen LogP contribution is 2.27. The van der Waals surface area contributed by atoms with Gasteiger partial charge in [-0.15, -0.1) is 11.3 Å². The molecule has 2 nitrogen and oxygen atoms in total. The molecule has 1 unspecified atom stereocenters. The van der Waals surface area contributed by atoms with Crippen molar-refractivity contribution < 1.29 is 0 Å². The molecule has 2 rings (SSSR count). The van der Waals surface area contributed by atoms with Gasteiger partial charge in [0, 0.05) is 23.7 Å². The van der Waals surface area contributed by atoms with Crippen LogP contribution in [0.4, 0.5) is 0 Å². The Bertz CT molecular complexity index is 401. The monoisotopic (exact) mass is 236 g/mol. The van der Waals surface area contributed by atoms with Crippen molar-refractivity contribution in [1.82, 2.24) is 9.38 Å². The van der Waals surface area contributed by atoms with E-state index in [1.807, 2.05) is 0 Å². The first kappa shape index (κ1) is 11.6. The summed E-state index contributed by atoms with van der Waals surface area (Å²) in [7, 11) is 0. The van der Waals surface area contributed by atoms with Crippen molar-refractivity contribution in [2.75, 3.05) is 0 Å². The smallest absolute Gasteiger partial charge is 0.193 e. The molecule has 0 amide bonds. The number of fused-ring (bicyclic) bond motifs is 1. The molecule has 0 saturated heterocycles. The maximum Gasteiger partial charge on any atom is 0.193 e. The van der Waals surface area contributed by atoms with E-state index >= 15 is 0 Å². The Morgan fingerprint density at radius 3 is 2.88 bits per heavy atom. The molecule has 0 bridgehead atoms. The normalized spacial score (nSPS) is 13.4. The van der Waals surface area contributed by atoms with Gasteiger partial charge in [-0.2, -0.15) is 0 Å². The van der Waals surface area contributed by atoms with Gasteiger partial charge in [-0.05, 0) is 12.8 Å². The summed E-state index contributed by atoms with van der Waals surface area (Å²) >= 11 is 1.72. The van der Waals surface area contributed by atoms with E-state index in [4.69, 9.17) is 4.98 Å². The summed E-state index contributed by atoms with van der Waals surface area (Å²) in [6.45, 7) is 4.52. The predicted octanol–water partition coefficient (Wildman–Crippen LogP) is 4.47. The molecule has 2 heterocycles. The third kappa shape index (κ3) is 2.46. The molecule has 0 fully saturated rings. The summed E-state index contributed by atoms with van der Waals surface area (Å²) in [6.07, 6.45) is 10.7. The zero-order chi connectivity index (χ0) is 11.4. The van der Waals surface area contributed by atoms with Crippen LogP contribution >= 0.6 is 11.3 Å². The van der Waals surface area contributed by atoms with Crippen LogP contribution in [0.15, 0.2) is 17.8 Å². The molecule has 16 heavy (non-hydrogen) atoms. The van der Waals surface area contributed by atoms with Crippen molar-refractivity contribution in [2.24, 2.45) is 0 Å². The fourth-order valence-corrected chi connectivity index (χ4v) is 2.89. The molecule has 0 aliphatic rings. The van der Waals surface area contributed by atoms with Gasteiger partial charge in [0.2, 0.25) is 0 Å². The van der Waals surface area contributed by atoms with E-state index in [2.05, 4.69) is 36.0 Å². The summed E-state index contributed by atoms with van der Waals surface area (Å²) in [5, 5.41) is 2.09. The van der Waals surface area contributed by atoms with Crippen LogP contribution in [0.2, 0.25) is 0 Å². The molecule has 0 spiro atoms. The molecule has 0 saturated carbocycles. The zero-order valence-electron chi connectivity index (χ0n) is 10.1. The minimum absolute atomic E-state index is 0.664. The lowest BCUT2D eigenvalue weighted by Crippen LogP contribution is -1.99. The lowest BCUT2D eigenvalue weighted by molar-refractivity contribution is 0.532. The van der Waals surface area contributed by atoms with Crippen LogP contribution < -0.4 is 0 Å². The van der Waals surface area contributed by atoms with E-state index in [0.717, 1.165) is 4.96 Å². The largest absolute Gasteiger partial charge is 0.297 e. The number of thiazole rings is 1. The van der Waals surface area contributed by atoms with Crippen LogP contribution in [0.25, 0.3) is 4.96 Å². The highest BCUT2D eigenvalue weighted by Gasteiger charge is 2.14. The third-order valence-corrected chi connectivity index (χ3v) is 3.84. The highest BCUT2D eigenvalue weighted by atomic mass is 32.1. The highest BCUT2D eigenvalue weighted by molar-refractivity contribution is 7.15. The van der Waals surface area contributed by atoms with Crippen molar-refractivity contribution in [3.63, 3.8) is 0 Å². The summed E-state index contributed by atoms with van der Waals surface area (Å²) < 4.78 is 2.15. The summed E-state index contributed by atoms with van der Waals surface area (Å²) in [6, 6.07) is 0. The third-order valence-electron chi connectivity index (χ3n) is 3.07. The second-order valence-electron chi connectivity index (χ2n) is 4.39. The molecule has 0 aromatic carbocycles. The SMILES string of the molecule is CCCCC(CCC)c1cn2ccsc2n1. The van der Waals surface area contributed by atoms with E-state index in [0.29, 0.717) is 5.92 Å². The van der Waals surface area contributed by atoms with Crippen LogP contribution in [-0.2, 0) is 0 Å². The van der Waals surface area contributed by atoms with Crippen molar-refractivity contribution >= 4 is 16.3 Å². The van der Waals surface area contributed by atoms with Gasteiger partial charge in [0.15, 0.2) is 4.96 Å². The Morgan fingerprint density at radius 1 is 1.31 bits per heavy atom. The molecule has 2 aromatic heterocycles. The van der Waals surface area contributed by atoms with Gasteiger partial charge in [0.25, 0.3) is 0 Å². The minimum Gasteiger partial charge on any atom is -0.297 e. The second kappa shape index (κ2) is 5.48. The van der Waals surface area contributed by atoms with E-state index in [1.54, 1.807) is 11.3 Å².